The molecule has 15 aromatic rings. The van der Waals surface area contributed by atoms with E-state index in [-0.39, 0.29) is 17.6 Å². The number of para-hydroxylation sites is 2. The molecule has 0 bridgehead atoms. The number of benzene rings is 11. The van der Waals surface area contributed by atoms with E-state index in [2.05, 4.69) is 129 Å². The van der Waals surface area contributed by atoms with Crippen molar-refractivity contribution in [3.8, 4) is 62.0 Å². The first-order valence-corrected chi connectivity index (χ1v) is 25.9. The van der Waals surface area contributed by atoms with Crippen molar-refractivity contribution in [2.75, 3.05) is 0 Å². The molecule has 4 nitrogen and oxygen atoms in total. The van der Waals surface area contributed by atoms with Crippen LogP contribution in [0.3, 0.4) is 0 Å². The van der Waals surface area contributed by atoms with Crippen LogP contribution >= 0.6 is 22.7 Å². The topological polar surface area (TPSA) is 38.0 Å². The third-order valence-electron chi connectivity index (χ3n) is 14.7. The third-order valence-corrected chi connectivity index (χ3v) is 17.0. The molecule has 0 saturated heterocycles. The highest BCUT2D eigenvalue weighted by molar-refractivity contribution is 7.27. The molecule has 0 spiro atoms. The third kappa shape index (κ3) is 5.99. The van der Waals surface area contributed by atoms with E-state index in [0.29, 0.717) is 39.3 Å². The molecule has 74 heavy (non-hydrogen) atoms. The van der Waals surface area contributed by atoms with Crippen LogP contribution in [0.5, 0.6) is 0 Å². The zero-order valence-corrected chi connectivity index (χ0v) is 40.8. The molecule has 15 rings (SSSR count). The second-order valence-electron chi connectivity index (χ2n) is 18.4. The lowest BCUT2D eigenvalue weighted by atomic mass is 9.88. The van der Waals surface area contributed by atoms with Gasteiger partial charge in [-0.2, -0.15) is 5.26 Å². The Labute approximate surface area is 440 Å². The average Bonchev–Trinajstić information content (AvgIpc) is 3.47. The van der Waals surface area contributed by atoms with Gasteiger partial charge in [-0.25, -0.2) is 4.85 Å². The molecule has 342 valence electrons. The van der Waals surface area contributed by atoms with E-state index in [4.69, 9.17) is 4.11 Å². The number of nitriles is 1. The Bertz CT molecular complexity index is 5190. The fourth-order valence-corrected chi connectivity index (χ4v) is 14.2. The number of rotatable bonds is 6. The molecule has 0 atom stereocenters. The summed E-state index contributed by atoms with van der Waals surface area (Å²) < 4.78 is 52.8. The zero-order valence-electron chi connectivity index (χ0n) is 44.2. The maximum atomic E-state index is 12.3. The summed E-state index contributed by atoms with van der Waals surface area (Å²) in [5.41, 5.74) is 10.9. The lowest BCUT2D eigenvalue weighted by Crippen LogP contribution is -2.09. The highest BCUT2D eigenvalue weighted by Gasteiger charge is 2.33. The van der Waals surface area contributed by atoms with E-state index in [0.717, 1.165) is 106 Å². The van der Waals surface area contributed by atoms with Crippen LogP contribution in [0.1, 0.15) is 12.4 Å². The minimum absolute atomic E-state index is 0.134. The zero-order chi connectivity index (χ0) is 53.4. The fourth-order valence-electron chi connectivity index (χ4n) is 11.7. The lowest BCUT2D eigenvalue weighted by molar-refractivity contribution is 1.14. The van der Waals surface area contributed by atoms with Crippen LogP contribution < -0.4 is 0 Å². The van der Waals surface area contributed by atoms with Gasteiger partial charge in [0, 0.05) is 69.2 Å². The molecular formula is C68H38N4S2. The van der Waals surface area contributed by atoms with Gasteiger partial charge in [-0.05, 0) is 46.0 Å². The SMILES string of the molecule is [2H]c1c([2H])c([2H])c(-c2cccc3sc4c(ccc5c6ccc7c8ccccc8sc7c6n(-c6c(C#N)c(-c7ccccc7)c([N+]#[C-])c(-n7c8ccccc8c8cccc(-c9ccccc9)c87)c6-c6ccccc6)c54)c23)c([2H])c1[2H]. The van der Waals surface area contributed by atoms with E-state index in [1.807, 2.05) is 91.0 Å². The molecule has 4 aromatic heterocycles. The molecule has 0 aliphatic heterocycles. The molecule has 0 N–H and O–H groups in total. The molecule has 11 aromatic carbocycles. The Balaban J connectivity index is 1.23. The summed E-state index contributed by atoms with van der Waals surface area (Å²) in [6.45, 7) is 9.49. The van der Waals surface area contributed by atoms with Crippen LogP contribution in [0, 0.1) is 17.9 Å². The summed E-state index contributed by atoms with van der Waals surface area (Å²) >= 11 is 3.29. The maximum absolute atomic E-state index is 12.3. The predicted octanol–water partition coefficient (Wildman–Crippen LogP) is 19.7. The van der Waals surface area contributed by atoms with Crippen molar-refractivity contribution < 1.29 is 6.85 Å². The molecule has 6 heteroatoms. The molecular weight excluding hydrogens is 937 g/mol. The average molecular weight is 980 g/mol. The first kappa shape index (κ1) is 37.3. The van der Waals surface area contributed by atoms with E-state index in [1.165, 1.54) is 0 Å². The first-order valence-electron chi connectivity index (χ1n) is 26.8. The normalized spacial score (nSPS) is 12.7. The molecule has 0 aliphatic rings. The monoisotopic (exact) mass is 979 g/mol. The van der Waals surface area contributed by atoms with Crippen LogP contribution in [-0.2, 0) is 0 Å². The standard InChI is InChI=1S/C68H38N4S2/c1-70-61-58(43-24-10-4-11-25-43)54(40-69)63(59(44-26-12-5-13-27-44)66(61)71-55-33-16-14-28-47(55)49-32-18-31-46(62(49)71)42-22-8-3-9-23-42)72-64-50(36-38-52-48-29-15-17-34-56(48)73-67(52)64)51-37-39-53-60-45(41-20-6-2-7-21-41)30-19-35-57(60)74-68(53)65(51)72/h2-39H/i2D,6D,7D,20D,21D. The van der Waals surface area contributed by atoms with Crippen molar-refractivity contribution >= 4 is 112 Å². The van der Waals surface area contributed by atoms with Gasteiger partial charge < -0.3 is 9.13 Å². The van der Waals surface area contributed by atoms with E-state index >= 15 is 0 Å². The first-order chi connectivity index (χ1) is 38.8. The van der Waals surface area contributed by atoms with Crippen LogP contribution in [0.2, 0.25) is 0 Å². The van der Waals surface area contributed by atoms with Crippen molar-refractivity contribution in [1.82, 2.24) is 9.13 Å². The van der Waals surface area contributed by atoms with E-state index in [9.17, 15) is 14.6 Å². The highest BCUT2D eigenvalue weighted by atomic mass is 32.1. The predicted molar refractivity (Wildman–Crippen MR) is 314 cm³/mol. The molecule has 4 heterocycles. The van der Waals surface area contributed by atoms with Gasteiger partial charge in [0.2, 0.25) is 5.69 Å². The van der Waals surface area contributed by atoms with Crippen LogP contribution in [0.15, 0.2) is 230 Å². The lowest BCUT2D eigenvalue weighted by Gasteiger charge is -2.26. The van der Waals surface area contributed by atoms with Crippen molar-refractivity contribution in [2.45, 2.75) is 0 Å². The van der Waals surface area contributed by atoms with Gasteiger partial charge in [-0.1, -0.05) is 212 Å². The Hall–Kier alpha value is -9.56. The number of hydrogen-bond acceptors (Lipinski definition) is 3. The van der Waals surface area contributed by atoms with Gasteiger partial charge >= 0.3 is 0 Å². The highest BCUT2D eigenvalue weighted by Crippen LogP contribution is 2.55. The fraction of sp³-hybridized carbons (Fsp3) is 0. The quantitative estimate of drug-likeness (QED) is 0.153. The summed E-state index contributed by atoms with van der Waals surface area (Å²) in [4.78, 5) is 4.59. The van der Waals surface area contributed by atoms with Crippen molar-refractivity contribution in [3.63, 3.8) is 0 Å². The summed E-state index contributed by atoms with van der Waals surface area (Å²) in [5, 5.41) is 20.1. The Morgan fingerprint density at radius 3 is 1.69 bits per heavy atom. The second-order valence-corrected chi connectivity index (χ2v) is 20.5. The maximum Gasteiger partial charge on any atom is 0.220 e. The summed E-state index contributed by atoms with van der Waals surface area (Å²) in [5.74, 6) is 0. The van der Waals surface area contributed by atoms with Gasteiger partial charge in [0.05, 0.1) is 61.8 Å². The number of aromatic nitrogens is 2. The van der Waals surface area contributed by atoms with E-state index in [1.54, 1.807) is 22.7 Å². The van der Waals surface area contributed by atoms with Crippen molar-refractivity contribution in [3.05, 3.63) is 247 Å². The van der Waals surface area contributed by atoms with Crippen molar-refractivity contribution in [1.29, 1.82) is 5.26 Å². The molecule has 0 saturated carbocycles. The van der Waals surface area contributed by atoms with Gasteiger partial charge in [0.1, 0.15) is 6.07 Å². The van der Waals surface area contributed by atoms with Crippen LogP contribution in [0.25, 0.3) is 145 Å². The number of hydrogen-bond donors (Lipinski definition) is 0. The summed E-state index contributed by atoms with van der Waals surface area (Å²) in [6.07, 6.45) is 0. The molecule has 0 radical (unpaired) electrons. The van der Waals surface area contributed by atoms with Gasteiger partial charge in [0.15, 0.2) is 0 Å². The second kappa shape index (κ2) is 16.5. The van der Waals surface area contributed by atoms with Crippen LogP contribution in [-0.4, -0.2) is 9.13 Å². The Morgan fingerprint density at radius 2 is 0.973 bits per heavy atom. The minimum atomic E-state index is -0.446. The number of thiophene rings is 2. The van der Waals surface area contributed by atoms with Crippen molar-refractivity contribution in [2.24, 2.45) is 0 Å². The molecule has 0 fully saturated rings. The Kier molecular flexibility index (Phi) is 8.31. The molecule has 0 amide bonds. The van der Waals surface area contributed by atoms with Crippen LogP contribution in [0.4, 0.5) is 5.69 Å². The smallest absolute Gasteiger partial charge is 0.220 e. The van der Waals surface area contributed by atoms with E-state index < -0.39 is 18.1 Å². The van der Waals surface area contributed by atoms with Gasteiger partial charge in [-0.15, -0.1) is 22.7 Å². The summed E-state index contributed by atoms with van der Waals surface area (Å²) in [6, 6.07) is 69.1. The summed E-state index contributed by atoms with van der Waals surface area (Å²) in [7, 11) is 0. The largest absolute Gasteiger partial charge is 0.318 e. The molecule has 0 unspecified atom stereocenters. The van der Waals surface area contributed by atoms with Gasteiger partial charge in [-0.3, -0.25) is 0 Å². The Morgan fingerprint density at radius 1 is 0.432 bits per heavy atom. The molecule has 0 aliphatic carbocycles. The minimum Gasteiger partial charge on any atom is -0.318 e. The van der Waals surface area contributed by atoms with Gasteiger partial charge in [0.25, 0.3) is 0 Å². The number of nitrogens with zero attached hydrogens (tertiary/aromatic N) is 4. The number of fused-ring (bicyclic) bond motifs is 14.